The Morgan fingerprint density at radius 3 is 2.48 bits per heavy atom. The molecule has 0 saturated heterocycles. The molecule has 1 aliphatic rings. The summed E-state index contributed by atoms with van der Waals surface area (Å²) in [6, 6.07) is 16.3. The number of hydrogen-bond acceptors (Lipinski definition) is 3. The summed E-state index contributed by atoms with van der Waals surface area (Å²) in [5.74, 6) is -0.448. The number of nitrogens with zero attached hydrogens (tertiary/aromatic N) is 1. The second-order valence-electron chi connectivity index (χ2n) is 6.74. The molecule has 5 nitrogen and oxygen atoms in total. The molecule has 2 aromatic carbocycles. The molecule has 4 rings (SSSR count). The average molecular weight is 363 g/mol. The van der Waals surface area contributed by atoms with E-state index in [4.69, 9.17) is 10.8 Å². The Morgan fingerprint density at radius 2 is 1.85 bits per heavy atom. The number of pyridine rings is 1. The van der Waals surface area contributed by atoms with E-state index in [9.17, 15) is 9.18 Å². The number of nitrogen functional groups attached to an aromatic ring is 1. The van der Waals surface area contributed by atoms with Gasteiger partial charge in [0, 0.05) is 16.7 Å². The molecule has 1 heterocycles. The largest absolute Gasteiger partial charge is 0.465 e. The van der Waals surface area contributed by atoms with Crippen LogP contribution in [0.3, 0.4) is 0 Å². The van der Waals surface area contributed by atoms with Gasteiger partial charge in [0.1, 0.15) is 5.82 Å². The zero-order valence-electron chi connectivity index (χ0n) is 14.4. The van der Waals surface area contributed by atoms with Gasteiger partial charge in [0.15, 0.2) is 0 Å². The van der Waals surface area contributed by atoms with E-state index < -0.39 is 17.4 Å². The average Bonchev–Trinajstić information content (AvgIpc) is 3.41. The third-order valence-corrected chi connectivity index (χ3v) is 4.85. The summed E-state index contributed by atoms with van der Waals surface area (Å²) in [5.41, 5.74) is 8.97. The first-order chi connectivity index (χ1) is 13.0. The van der Waals surface area contributed by atoms with E-state index in [-0.39, 0.29) is 0 Å². The molecule has 1 fully saturated rings. The molecule has 1 saturated carbocycles. The van der Waals surface area contributed by atoms with E-state index in [0.717, 1.165) is 11.1 Å². The van der Waals surface area contributed by atoms with E-state index >= 15 is 0 Å². The van der Waals surface area contributed by atoms with Crippen molar-refractivity contribution in [3.05, 3.63) is 72.2 Å². The van der Waals surface area contributed by atoms with Crippen molar-refractivity contribution in [1.29, 1.82) is 0 Å². The van der Waals surface area contributed by atoms with E-state index in [1.807, 2.05) is 36.4 Å². The maximum atomic E-state index is 14.8. The molecule has 0 bridgehead atoms. The zero-order valence-corrected chi connectivity index (χ0v) is 14.4. The highest BCUT2D eigenvalue weighted by atomic mass is 19.1. The molecule has 0 radical (unpaired) electrons. The standard InChI is InChI=1S/C21H18FN3O2/c22-18-10-14(6-7-17(18)21(8-9-21)25-20(26)27)19-16(11-15(23)12-24-19)13-4-2-1-3-5-13/h1-7,10-12,25H,8-9,23H2,(H,26,27). The number of rotatable bonds is 4. The van der Waals surface area contributed by atoms with Crippen molar-refractivity contribution in [2.45, 2.75) is 18.4 Å². The topological polar surface area (TPSA) is 88.2 Å². The first-order valence-electron chi connectivity index (χ1n) is 8.61. The summed E-state index contributed by atoms with van der Waals surface area (Å²) < 4.78 is 14.8. The Hall–Kier alpha value is -3.41. The zero-order chi connectivity index (χ0) is 19.0. The molecule has 0 atom stereocenters. The number of benzene rings is 2. The molecule has 1 amide bonds. The normalized spacial score (nSPS) is 14.6. The lowest BCUT2D eigenvalue weighted by Gasteiger charge is -2.17. The Labute approximate surface area is 155 Å². The molecule has 0 spiro atoms. The van der Waals surface area contributed by atoms with Crippen molar-refractivity contribution in [3.63, 3.8) is 0 Å². The fourth-order valence-corrected chi connectivity index (χ4v) is 3.39. The first kappa shape index (κ1) is 17.0. The number of carbonyl (C=O) groups is 1. The minimum Gasteiger partial charge on any atom is -0.465 e. The Kier molecular flexibility index (Phi) is 4.03. The van der Waals surface area contributed by atoms with Crippen LogP contribution in [0.5, 0.6) is 0 Å². The molecule has 136 valence electrons. The van der Waals surface area contributed by atoms with E-state index in [1.54, 1.807) is 18.3 Å². The number of nitrogens with two attached hydrogens (primary N) is 1. The highest BCUT2D eigenvalue weighted by Gasteiger charge is 2.47. The SMILES string of the molecule is Nc1cnc(-c2ccc(C3(NC(=O)O)CC3)c(F)c2)c(-c2ccccc2)c1. The van der Waals surface area contributed by atoms with Crippen LogP contribution in [-0.4, -0.2) is 16.2 Å². The number of hydrogen-bond donors (Lipinski definition) is 3. The molecular formula is C21H18FN3O2. The molecule has 1 aliphatic carbocycles. The molecule has 4 N–H and O–H groups in total. The van der Waals surface area contributed by atoms with Gasteiger partial charge < -0.3 is 16.2 Å². The van der Waals surface area contributed by atoms with Gasteiger partial charge in [-0.05, 0) is 30.5 Å². The summed E-state index contributed by atoms with van der Waals surface area (Å²) in [6.07, 6.45) is 1.57. The minimum absolute atomic E-state index is 0.366. The van der Waals surface area contributed by atoms with Gasteiger partial charge in [-0.25, -0.2) is 9.18 Å². The third kappa shape index (κ3) is 3.21. The van der Waals surface area contributed by atoms with Crippen molar-refractivity contribution in [1.82, 2.24) is 10.3 Å². The van der Waals surface area contributed by atoms with Crippen molar-refractivity contribution in [2.24, 2.45) is 0 Å². The van der Waals surface area contributed by atoms with Crippen LogP contribution in [0.15, 0.2) is 60.8 Å². The first-order valence-corrected chi connectivity index (χ1v) is 8.61. The van der Waals surface area contributed by atoms with Gasteiger partial charge in [-0.3, -0.25) is 4.98 Å². The maximum absolute atomic E-state index is 14.8. The summed E-state index contributed by atoms with van der Waals surface area (Å²) in [4.78, 5) is 15.4. The smallest absolute Gasteiger partial charge is 0.405 e. The van der Waals surface area contributed by atoms with Gasteiger partial charge in [0.25, 0.3) is 0 Å². The molecule has 3 aromatic rings. The van der Waals surface area contributed by atoms with Gasteiger partial charge in [-0.1, -0.05) is 42.5 Å². The van der Waals surface area contributed by atoms with Gasteiger partial charge in [-0.2, -0.15) is 0 Å². The third-order valence-electron chi connectivity index (χ3n) is 4.85. The van der Waals surface area contributed by atoms with Crippen molar-refractivity contribution in [3.8, 4) is 22.4 Å². The van der Waals surface area contributed by atoms with Crippen LogP contribution >= 0.6 is 0 Å². The van der Waals surface area contributed by atoms with Crippen molar-refractivity contribution in [2.75, 3.05) is 5.73 Å². The lowest BCUT2D eigenvalue weighted by molar-refractivity contribution is 0.188. The van der Waals surface area contributed by atoms with Gasteiger partial charge in [-0.15, -0.1) is 0 Å². The predicted octanol–water partition coefficient (Wildman–Crippen LogP) is 4.39. The quantitative estimate of drug-likeness (QED) is 0.641. The van der Waals surface area contributed by atoms with Gasteiger partial charge in [0.2, 0.25) is 0 Å². The number of carboxylic acid groups (broad SMARTS) is 1. The van der Waals surface area contributed by atoms with Crippen LogP contribution in [0.2, 0.25) is 0 Å². The van der Waals surface area contributed by atoms with E-state index in [0.29, 0.717) is 35.3 Å². The van der Waals surface area contributed by atoms with Gasteiger partial charge >= 0.3 is 6.09 Å². The fraction of sp³-hybridized carbons (Fsp3) is 0.143. The fourth-order valence-electron chi connectivity index (χ4n) is 3.39. The molecule has 0 unspecified atom stereocenters. The highest BCUT2D eigenvalue weighted by Crippen LogP contribution is 2.47. The van der Waals surface area contributed by atoms with Crippen molar-refractivity contribution < 1.29 is 14.3 Å². The minimum atomic E-state index is -1.15. The monoisotopic (exact) mass is 363 g/mol. The Balaban J connectivity index is 1.77. The summed E-state index contributed by atoms with van der Waals surface area (Å²) in [7, 11) is 0. The number of anilines is 1. The lowest BCUT2D eigenvalue weighted by atomic mass is 9.96. The number of amides is 1. The van der Waals surface area contributed by atoms with Crippen LogP contribution in [0.25, 0.3) is 22.4 Å². The second-order valence-corrected chi connectivity index (χ2v) is 6.74. The molecule has 1 aromatic heterocycles. The Morgan fingerprint density at radius 1 is 1.11 bits per heavy atom. The Bertz CT molecular complexity index is 1020. The number of halogens is 1. The summed E-state index contributed by atoms with van der Waals surface area (Å²) >= 11 is 0. The second kappa shape index (κ2) is 6.39. The summed E-state index contributed by atoms with van der Waals surface area (Å²) in [6.45, 7) is 0. The van der Waals surface area contributed by atoms with Crippen LogP contribution < -0.4 is 11.1 Å². The van der Waals surface area contributed by atoms with Crippen LogP contribution in [0.1, 0.15) is 18.4 Å². The predicted molar refractivity (Wildman–Crippen MR) is 102 cm³/mol. The lowest BCUT2D eigenvalue weighted by Crippen LogP contribution is -2.34. The highest BCUT2D eigenvalue weighted by molar-refractivity contribution is 5.82. The van der Waals surface area contributed by atoms with Crippen LogP contribution in [0.4, 0.5) is 14.9 Å². The van der Waals surface area contributed by atoms with E-state index in [2.05, 4.69) is 10.3 Å². The van der Waals surface area contributed by atoms with E-state index in [1.165, 1.54) is 6.07 Å². The maximum Gasteiger partial charge on any atom is 0.405 e. The molecule has 0 aliphatic heterocycles. The van der Waals surface area contributed by atoms with Crippen LogP contribution in [-0.2, 0) is 5.54 Å². The van der Waals surface area contributed by atoms with Crippen molar-refractivity contribution >= 4 is 11.8 Å². The number of nitrogens with one attached hydrogen (secondary N) is 1. The number of aromatic nitrogens is 1. The molecular weight excluding hydrogens is 345 g/mol. The molecule has 27 heavy (non-hydrogen) atoms. The molecule has 6 heteroatoms. The van der Waals surface area contributed by atoms with Gasteiger partial charge in [0.05, 0.1) is 23.1 Å². The summed E-state index contributed by atoms with van der Waals surface area (Å²) in [5, 5.41) is 11.4. The van der Waals surface area contributed by atoms with Crippen LogP contribution in [0, 0.1) is 5.82 Å².